The van der Waals surface area contributed by atoms with Crippen LogP contribution in [0.5, 0.6) is 0 Å². The Morgan fingerprint density at radius 2 is 2.29 bits per heavy atom. The lowest BCUT2D eigenvalue weighted by molar-refractivity contribution is 0.276. The van der Waals surface area contributed by atoms with Crippen molar-refractivity contribution in [2.75, 3.05) is 6.61 Å². The van der Waals surface area contributed by atoms with E-state index in [1.54, 1.807) is 17.1 Å². The third-order valence-corrected chi connectivity index (χ3v) is 2.46. The van der Waals surface area contributed by atoms with Crippen molar-refractivity contribution in [3.05, 3.63) is 30.2 Å². The molecule has 0 atom stereocenters. The number of aromatic nitrogens is 4. The summed E-state index contributed by atoms with van der Waals surface area (Å²) in [5.74, 6) is 0. The number of nitrogens with two attached hydrogens (primary N) is 1. The molecule has 17 heavy (non-hydrogen) atoms. The average molecular weight is 233 g/mol. The molecule has 0 saturated carbocycles. The minimum absolute atomic E-state index is 0.129. The summed E-state index contributed by atoms with van der Waals surface area (Å²) < 4.78 is 1.76. The Kier molecular flexibility index (Phi) is 3.79. The van der Waals surface area contributed by atoms with Gasteiger partial charge in [0.25, 0.3) is 0 Å². The molecule has 2 aromatic heterocycles. The van der Waals surface area contributed by atoms with Gasteiger partial charge in [0.1, 0.15) is 5.69 Å². The molecule has 0 radical (unpaired) electrons. The lowest BCUT2D eigenvalue weighted by atomic mass is 10.1. The van der Waals surface area contributed by atoms with E-state index >= 15 is 0 Å². The smallest absolute Gasteiger partial charge is 0.104 e. The Labute approximate surface area is 99.1 Å². The SMILES string of the molecule is NCc1nnn(CCCO)c1-c1cccnc1. The summed E-state index contributed by atoms with van der Waals surface area (Å²) >= 11 is 0. The van der Waals surface area contributed by atoms with Crippen LogP contribution >= 0.6 is 0 Å². The third kappa shape index (κ3) is 2.48. The molecular formula is C11H15N5O. The van der Waals surface area contributed by atoms with Crippen molar-refractivity contribution in [1.29, 1.82) is 0 Å². The van der Waals surface area contributed by atoms with Crippen molar-refractivity contribution < 1.29 is 5.11 Å². The fourth-order valence-corrected chi connectivity index (χ4v) is 1.68. The first-order chi connectivity index (χ1) is 8.36. The van der Waals surface area contributed by atoms with Gasteiger partial charge in [-0.1, -0.05) is 5.21 Å². The molecule has 0 spiro atoms. The molecule has 0 aliphatic rings. The molecule has 0 aliphatic carbocycles. The second-order valence-electron chi connectivity index (χ2n) is 3.63. The van der Waals surface area contributed by atoms with Crippen LogP contribution < -0.4 is 5.73 Å². The lowest BCUT2D eigenvalue weighted by Crippen LogP contribution is -2.06. The van der Waals surface area contributed by atoms with Gasteiger partial charge in [0.15, 0.2) is 0 Å². The van der Waals surface area contributed by atoms with E-state index in [9.17, 15) is 0 Å². The van der Waals surface area contributed by atoms with Gasteiger partial charge in [-0.3, -0.25) is 4.98 Å². The Bertz CT molecular complexity index is 468. The molecular weight excluding hydrogens is 218 g/mol. The fourth-order valence-electron chi connectivity index (χ4n) is 1.68. The van der Waals surface area contributed by atoms with Crippen LogP contribution in [0.4, 0.5) is 0 Å². The molecule has 0 amide bonds. The van der Waals surface area contributed by atoms with Gasteiger partial charge in [-0.15, -0.1) is 5.10 Å². The Morgan fingerprint density at radius 3 is 2.94 bits per heavy atom. The lowest BCUT2D eigenvalue weighted by Gasteiger charge is -2.06. The van der Waals surface area contributed by atoms with E-state index in [-0.39, 0.29) is 6.61 Å². The molecule has 2 heterocycles. The zero-order chi connectivity index (χ0) is 12.1. The number of pyridine rings is 1. The highest BCUT2D eigenvalue weighted by Gasteiger charge is 2.13. The van der Waals surface area contributed by atoms with E-state index in [0.29, 0.717) is 19.5 Å². The van der Waals surface area contributed by atoms with Gasteiger partial charge in [-0.05, 0) is 18.6 Å². The topological polar surface area (TPSA) is 89.8 Å². The fraction of sp³-hybridized carbons (Fsp3) is 0.364. The highest BCUT2D eigenvalue weighted by Crippen LogP contribution is 2.20. The monoisotopic (exact) mass is 233 g/mol. The molecule has 6 heteroatoms. The quantitative estimate of drug-likeness (QED) is 0.769. The minimum atomic E-state index is 0.129. The summed E-state index contributed by atoms with van der Waals surface area (Å²) in [5.41, 5.74) is 8.21. The van der Waals surface area contributed by atoms with E-state index in [2.05, 4.69) is 15.3 Å². The maximum absolute atomic E-state index is 8.85. The highest BCUT2D eigenvalue weighted by molar-refractivity contribution is 5.60. The maximum Gasteiger partial charge on any atom is 0.104 e. The minimum Gasteiger partial charge on any atom is -0.396 e. The van der Waals surface area contributed by atoms with Crippen molar-refractivity contribution in [2.45, 2.75) is 19.5 Å². The molecule has 0 bridgehead atoms. The van der Waals surface area contributed by atoms with Gasteiger partial charge in [-0.25, -0.2) is 4.68 Å². The number of nitrogens with zero attached hydrogens (tertiary/aromatic N) is 4. The molecule has 2 aromatic rings. The van der Waals surface area contributed by atoms with Crippen LogP contribution in [-0.2, 0) is 13.1 Å². The van der Waals surface area contributed by atoms with Crippen LogP contribution in [0.25, 0.3) is 11.3 Å². The van der Waals surface area contributed by atoms with Crippen molar-refractivity contribution in [1.82, 2.24) is 20.0 Å². The van der Waals surface area contributed by atoms with E-state index in [4.69, 9.17) is 10.8 Å². The molecule has 0 saturated heterocycles. The second-order valence-corrected chi connectivity index (χ2v) is 3.63. The summed E-state index contributed by atoms with van der Waals surface area (Å²) in [4.78, 5) is 4.08. The van der Waals surface area contributed by atoms with Crippen LogP contribution in [0.2, 0.25) is 0 Å². The van der Waals surface area contributed by atoms with E-state index in [1.165, 1.54) is 0 Å². The Morgan fingerprint density at radius 1 is 1.41 bits per heavy atom. The molecule has 0 unspecified atom stereocenters. The highest BCUT2D eigenvalue weighted by atomic mass is 16.3. The van der Waals surface area contributed by atoms with Crippen LogP contribution in [0.3, 0.4) is 0 Å². The van der Waals surface area contributed by atoms with Gasteiger partial charge < -0.3 is 10.8 Å². The predicted molar refractivity (Wildman–Crippen MR) is 62.8 cm³/mol. The van der Waals surface area contributed by atoms with Gasteiger partial charge in [0, 0.05) is 37.7 Å². The summed E-state index contributed by atoms with van der Waals surface area (Å²) in [6.07, 6.45) is 4.11. The second kappa shape index (κ2) is 5.51. The van der Waals surface area contributed by atoms with E-state index in [0.717, 1.165) is 17.0 Å². The predicted octanol–water partition coefficient (Wildman–Crippen LogP) is 0.181. The summed E-state index contributed by atoms with van der Waals surface area (Å²) in [6.45, 7) is 1.08. The maximum atomic E-state index is 8.85. The van der Waals surface area contributed by atoms with Gasteiger partial charge in [0.2, 0.25) is 0 Å². The van der Waals surface area contributed by atoms with Crippen LogP contribution in [0.15, 0.2) is 24.5 Å². The first-order valence-corrected chi connectivity index (χ1v) is 5.50. The van der Waals surface area contributed by atoms with Crippen molar-refractivity contribution in [3.8, 4) is 11.3 Å². The zero-order valence-corrected chi connectivity index (χ0v) is 9.45. The van der Waals surface area contributed by atoms with Crippen LogP contribution in [-0.4, -0.2) is 31.7 Å². The summed E-state index contributed by atoms with van der Waals surface area (Å²) in [5, 5.41) is 16.9. The van der Waals surface area contributed by atoms with Gasteiger partial charge in [0.05, 0.1) is 5.69 Å². The van der Waals surface area contributed by atoms with Crippen LogP contribution in [0.1, 0.15) is 12.1 Å². The Hall–Kier alpha value is -1.79. The van der Waals surface area contributed by atoms with E-state index in [1.807, 2.05) is 12.1 Å². The van der Waals surface area contributed by atoms with Crippen molar-refractivity contribution >= 4 is 0 Å². The summed E-state index contributed by atoms with van der Waals surface area (Å²) in [7, 11) is 0. The average Bonchev–Trinajstić information content (AvgIpc) is 2.80. The number of aryl methyl sites for hydroxylation is 1. The largest absolute Gasteiger partial charge is 0.396 e. The van der Waals surface area contributed by atoms with E-state index < -0.39 is 0 Å². The molecule has 2 rings (SSSR count). The number of rotatable bonds is 5. The summed E-state index contributed by atoms with van der Waals surface area (Å²) in [6, 6.07) is 3.80. The molecule has 0 fully saturated rings. The first kappa shape index (κ1) is 11.7. The van der Waals surface area contributed by atoms with Gasteiger partial charge in [-0.2, -0.15) is 0 Å². The van der Waals surface area contributed by atoms with Gasteiger partial charge >= 0.3 is 0 Å². The van der Waals surface area contributed by atoms with Crippen molar-refractivity contribution in [2.24, 2.45) is 5.73 Å². The molecule has 6 nitrogen and oxygen atoms in total. The first-order valence-electron chi connectivity index (χ1n) is 5.50. The zero-order valence-electron chi connectivity index (χ0n) is 9.45. The standard InChI is InChI=1S/C11H15N5O/c12-7-10-11(9-3-1-4-13-8-9)16(15-14-10)5-2-6-17/h1,3-4,8,17H,2,5-7,12H2. The molecule has 0 aromatic carbocycles. The Balaban J connectivity index is 2.39. The number of aliphatic hydroxyl groups excluding tert-OH is 1. The molecule has 90 valence electrons. The number of hydrogen-bond acceptors (Lipinski definition) is 5. The molecule has 0 aliphatic heterocycles. The van der Waals surface area contributed by atoms with Crippen molar-refractivity contribution in [3.63, 3.8) is 0 Å². The molecule has 3 N–H and O–H groups in total. The third-order valence-electron chi connectivity index (χ3n) is 2.46. The normalized spacial score (nSPS) is 10.7. The number of hydrogen-bond donors (Lipinski definition) is 2. The van der Waals surface area contributed by atoms with Crippen LogP contribution in [0, 0.1) is 0 Å². The number of aliphatic hydroxyl groups is 1.